The average Bonchev–Trinajstić information content (AvgIpc) is 2.14. The molecule has 0 amide bonds. The third-order valence-corrected chi connectivity index (χ3v) is 1.24. The Morgan fingerprint density at radius 3 is 2.67 bits per heavy atom. The van der Waals surface area contributed by atoms with Crippen molar-refractivity contribution in [2.45, 2.75) is 6.92 Å². The Balaban J connectivity index is 2.98. The largest absolute Gasteiger partial charge is 0.357 e. The van der Waals surface area contributed by atoms with Crippen LogP contribution >= 0.6 is 11.6 Å². The second kappa shape index (κ2) is 2.23. The molecule has 9 heavy (non-hydrogen) atoms. The fraction of sp³-hybridized carbons (Fsp3) is 0.167. The zero-order chi connectivity index (χ0) is 6.85. The molecule has 0 aliphatic carbocycles. The summed E-state index contributed by atoms with van der Waals surface area (Å²) in [5.74, 6) is 0. The fourth-order valence-corrected chi connectivity index (χ4v) is 0.725. The topological polar surface area (TPSA) is 32.9 Å². The molecule has 0 atom stereocenters. The van der Waals surface area contributed by atoms with Crippen LogP contribution in [0.1, 0.15) is 16.1 Å². The van der Waals surface area contributed by atoms with Crippen molar-refractivity contribution in [3.05, 3.63) is 23.5 Å². The fourth-order valence-electron chi connectivity index (χ4n) is 0.616. The molecule has 0 saturated heterocycles. The molecule has 0 aromatic carbocycles. The third kappa shape index (κ3) is 1.33. The second-order valence-corrected chi connectivity index (χ2v) is 2.21. The minimum absolute atomic E-state index is 0.442. The van der Waals surface area contributed by atoms with Gasteiger partial charge in [-0.3, -0.25) is 4.79 Å². The summed E-state index contributed by atoms with van der Waals surface area (Å²) in [5, 5.41) is -0.442. The molecule has 0 bridgehead atoms. The monoisotopic (exact) mass is 143 g/mol. The lowest BCUT2D eigenvalue weighted by atomic mass is 10.3. The highest BCUT2D eigenvalue weighted by atomic mass is 35.5. The highest BCUT2D eigenvalue weighted by Gasteiger charge is 2.00. The zero-order valence-corrected chi connectivity index (χ0v) is 5.70. The molecular formula is C6H6ClNO. The molecule has 48 valence electrons. The number of carbonyl (C=O) groups excluding carboxylic acids is 1. The summed E-state index contributed by atoms with van der Waals surface area (Å²) in [5.41, 5.74) is 1.47. The van der Waals surface area contributed by atoms with E-state index in [1.165, 1.54) is 0 Å². The minimum atomic E-state index is -0.442. The maximum atomic E-state index is 10.4. The van der Waals surface area contributed by atoms with E-state index in [1.54, 1.807) is 12.3 Å². The number of nitrogens with one attached hydrogen (secondary N) is 1. The van der Waals surface area contributed by atoms with Crippen molar-refractivity contribution in [3.63, 3.8) is 0 Å². The molecule has 1 N–H and O–H groups in total. The number of halogens is 1. The Labute approximate surface area is 57.8 Å². The van der Waals surface area contributed by atoms with Crippen molar-refractivity contribution in [3.8, 4) is 0 Å². The number of H-pyrrole nitrogens is 1. The summed E-state index contributed by atoms with van der Waals surface area (Å²) in [7, 11) is 0. The lowest BCUT2D eigenvalue weighted by molar-refractivity contribution is 0.107. The Morgan fingerprint density at radius 1 is 1.78 bits per heavy atom. The first-order valence-corrected chi connectivity index (χ1v) is 2.93. The number of hydrogen-bond donors (Lipinski definition) is 1. The predicted molar refractivity (Wildman–Crippen MR) is 35.7 cm³/mol. The van der Waals surface area contributed by atoms with Gasteiger partial charge in [0.2, 0.25) is 0 Å². The molecule has 0 aliphatic rings. The van der Waals surface area contributed by atoms with Crippen molar-refractivity contribution in [1.82, 2.24) is 4.98 Å². The van der Waals surface area contributed by atoms with Crippen LogP contribution in [-0.4, -0.2) is 10.2 Å². The van der Waals surface area contributed by atoms with Gasteiger partial charge in [0.1, 0.15) is 0 Å². The van der Waals surface area contributed by atoms with Crippen LogP contribution in [0.5, 0.6) is 0 Å². The van der Waals surface area contributed by atoms with Crippen LogP contribution in [0.4, 0.5) is 0 Å². The Morgan fingerprint density at radius 2 is 2.44 bits per heavy atom. The quantitative estimate of drug-likeness (QED) is 0.597. The first kappa shape index (κ1) is 6.36. The molecule has 0 unspecified atom stereocenters. The van der Waals surface area contributed by atoms with Crippen LogP contribution in [0.25, 0.3) is 0 Å². The van der Waals surface area contributed by atoms with E-state index < -0.39 is 5.24 Å². The van der Waals surface area contributed by atoms with Crippen molar-refractivity contribution in [2.75, 3.05) is 0 Å². The lowest BCUT2D eigenvalue weighted by Gasteiger charge is -1.79. The van der Waals surface area contributed by atoms with Gasteiger partial charge in [0.25, 0.3) is 5.24 Å². The first-order chi connectivity index (χ1) is 4.20. The molecule has 1 aromatic heterocycles. The van der Waals surface area contributed by atoms with Crippen molar-refractivity contribution >= 4 is 16.8 Å². The Kier molecular flexibility index (Phi) is 1.58. The second-order valence-electron chi connectivity index (χ2n) is 1.86. The molecule has 1 heterocycles. The van der Waals surface area contributed by atoms with E-state index in [0.717, 1.165) is 5.56 Å². The highest BCUT2D eigenvalue weighted by Crippen LogP contribution is 2.03. The predicted octanol–water partition coefficient (Wildman–Crippen LogP) is 1.70. The minimum Gasteiger partial charge on any atom is -0.357 e. The molecule has 0 spiro atoms. The maximum absolute atomic E-state index is 10.4. The summed E-state index contributed by atoms with van der Waals surface area (Å²) < 4.78 is 0. The first-order valence-electron chi connectivity index (χ1n) is 2.55. The van der Waals surface area contributed by atoms with Crippen LogP contribution < -0.4 is 0 Å². The number of aromatic amines is 1. The molecular weight excluding hydrogens is 138 g/mol. The van der Waals surface area contributed by atoms with Crippen molar-refractivity contribution < 1.29 is 4.79 Å². The van der Waals surface area contributed by atoms with Gasteiger partial charge in [-0.05, 0) is 30.2 Å². The Bertz CT molecular complexity index is 229. The molecule has 1 aromatic rings. The number of carbonyl (C=O) groups is 1. The van der Waals surface area contributed by atoms with Gasteiger partial charge in [-0.15, -0.1) is 0 Å². The standard InChI is InChI=1S/C6H6ClNO/c1-4-2-5(6(7)9)8-3-4/h2-3,8H,1H3. The van der Waals surface area contributed by atoms with Crippen LogP contribution in [0, 0.1) is 6.92 Å². The summed E-state index contributed by atoms with van der Waals surface area (Å²) in [6.07, 6.45) is 1.73. The number of aryl methyl sites for hydroxylation is 1. The average molecular weight is 144 g/mol. The Hall–Kier alpha value is -0.760. The smallest absolute Gasteiger partial charge is 0.268 e. The molecule has 3 heteroatoms. The van der Waals surface area contributed by atoms with Gasteiger partial charge in [-0.2, -0.15) is 0 Å². The van der Waals surface area contributed by atoms with Gasteiger partial charge in [0, 0.05) is 6.20 Å². The van der Waals surface area contributed by atoms with Crippen molar-refractivity contribution in [1.29, 1.82) is 0 Å². The van der Waals surface area contributed by atoms with Gasteiger partial charge >= 0.3 is 0 Å². The van der Waals surface area contributed by atoms with E-state index in [9.17, 15) is 4.79 Å². The van der Waals surface area contributed by atoms with Crippen LogP contribution in [0.3, 0.4) is 0 Å². The number of aromatic nitrogens is 1. The summed E-state index contributed by atoms with van der Waals surface area (Å²) >= 11 is 5.15. The summed E-state index contributed by atoms with van der Waals surface area (Å²) in [6.45, 7) is 1.89. The van der Waals surface area contributed by atoms with E-state index in [-0.39, 0.29) is 0 Å². The van der Waals surface area contributed by atoms with E-state index in [2.05, 4.69) is 4.98 Å². The lowest BCUT2D eigenvalue weighted by Crippen LogP contribution is -1.85. The molecule has 0 radical (unpaired) electrons. The summed E-state index contributed by atoms with van der Waals surface area (Å²) in [6, 6.07) is 1.70. The van der Waals surface area contributed by atoms with E-state index in [1.807, 2.05) is 6.92 Å². The highest BCUT2D eigenvalue weighted by molar-refractivity contribution is 6.67. The molecule has 0 saturated carbocycles. The summed E-state index contributed by atoms with van der Waals surface area (Å²) in [4.78, 5) is 13.1. The van der Waals surface area contributed by atoms with Gasteiger partial charge < -0.3 is 4.98 Å². The van der Waals surface area contributed by atoms with Gasteiger partial charge in [0.15, 0.2) is 0 Å². The van der Waals surface area contributed by atoms with Crippen LogP contribution in [0.2, 0.25) is 0 Å². The molecule has 2 nitrogen and oxygen atoms in total. The van der Waals surface area contributed by atoms with Crippen LogP contribution in [-0.2, 0) is 0 Å². The van der Waals surface area contributed by atoms with Gasteiger partial charge in [-0.25, -0.2) is 0 Å². The number of rotatable bonds is 1. The molecule has 0 fully saturated rings. The molecule has 1 rings (SSSR count). The normalized spacial score (nSPS) is 9.56. The maximum Gasteiger partial charge on any atom is 0.268 e. The van der Waals surface area contributed by atoms with Crippen molar-refractivity contribution in [2.24, 2.45) is 0 Å². The molecule has 0 aliphatic heterocycles. The van der Waals surface area contributed by atoms with Crippen LogP contribution in [0.15, 0.2) is 12.3 Å². The SMILES string of the molecule is Cc1c[nH]c(C(=O)Cl)c1. The van der Waals surface area contributed by atoms with Gasteiger partial charge in [0.05, 0.1) is 5.69 Å². The van der Waals surface area contributed by atoms with E-state index >= 15 is 0 Å². The third-order valence-electron chi connectivity index (χ3n) is 1.04. The van der Waals surface area contributed by atoms with Gasteiger partial charge in [-0.1, -0.05) is 0 Å². The van der Waals surface area contributed by atoms with E-state index in [4.69, 9.17) is 11.6 Å². The zero-order valence-electron chi connectivity index (χ0n) is 4.94. The number of hydrogen-bond acceptors (Lipinski definition) is 1. The van der Waals surface area contributed by atoms with E-state index in [0.29, 0.717) is 5.69 Å².